The Morgan fingerprint density at radius 1 is 1.44 bits per heavy atom. The normalized spacial score (nSPS) is 13.4. The largest absolute Gasteiger partial charge is 0.381 e. The Morgan fingerprint density at radius 2 is 2.12 bits per heavy atom. The summed E-state index contributed by atoms with van der Waals surface area (Å²) in [5, 5.41) is 3.38. The molecule has 0 fully saturated rings. The van der Waals surface area contributed by atoms with Crippen LogP contribution in [0.4, 0.5) is 5.69 Å². The van der Waals surface area contributed by atoms with E-state index in [1.807, 2.05) is 0 Å². The molecule has 5 heteroatoms. The van der Waals surface area contributed by atoms with Gasteiger partial charge in [-0.1, -0.05) is 13.3 Å². The lowest BCUT2D eigenvalue weighted by atomic mass is 10.2. The molecule has 1 aromatic rings. The lowest BCUT2D eigenvalue weighted by Gasteiger charge is -2.13. The summed E-state index contributed by atoms with van der Waals surface area (Å²) < 4.78 is 22.4. The second kappa shape index (κ2) is 5.30. The van der Waals surface area contributed by atoms with Crippen molar-refractivity contribution in [3.8, 4) is 0 Å². The number of anilines is 1. The molecule has 1 atom stereocenters. The van der Waals surface area contributed by atoms with Gasteiger partial charge in [0, 0.05) is 12.3 Å². The standard InChI is InChI=1S/C11H18N2O2S/c1-4-5-9(2)13-10-6-7-11(12-8-10)16(3,14)15/h6-9,13H,4-5H2,1-3H3. The van der Waals surface area contributed by atoms with Gasteiger partial charge in [-0.05, 0) is 25.5 Å². The summed E-state index contributed by atoms with van der Waals surface area (Å²) in [4.78, 5) is 3.91. The molecule has 16 heavy (non-hydrogen) atoms. The van der Waals surface area contributed by atoms with Gasteiger partial charge in [0.2, 0.25) is 0 Å². The maximum atomic E-state index is 11.2. The summed E-state index contributed by atoms with van der Waals surface area (Å²) in [6.45, 7) is 4.22. The molecule has 0 aliphatic carbocycles. The molecule has 0 radical (unpaired) electrons. The van der Waals surface area contributed by atoms with Crippen molar-refractivity contribution in [2.45, 2.75) is 37.8 Å². The Bertz CT molecular complexity index is 426. The van der Waals surface area contributed by atoms with E-state index in [1.165, 1.54) is 6.07 Å². The highest BCUT2D eigenvalue weighted by atomic mass is 32.2. The fourth-order valence-electron chi connectivity index (χ4n) is 1.47. The monoisotopic (exact) mass is 242 g/mol. The van der Waals surface area contributed by atoms with Crippen LogP contribution in [0.1, 0.15) is 26.7 Å². The maximum Gasteiger partial charge on any atom is 0.192 e. The quantitative estimate of drug-likeness (QED) is 0.859. The van der Waals surface area contributed by atoms with E-state index in [0.717, 1.165) is 24.8 Å². The first-order chi connectivity index (χ1) is 7.43. The van der Waals surface area contributed by atoms with Crippen molar-refractivity contribution in [1.29, 1.82) is 0 Å². The number of nitrogens with zero attached hydrogens (tertiary/aromatic N) is 1. The molecule has 0 aliphatic rings. The highest BCUT2D eigenvalue weighted by Gasteiger charge is 2.08. The number of aromatic nitrogens is 1. The zero-order valence-electron chi connectivity index (χ0n) is 9.90. The second-order valence-electron chi connectivity index (χ2n) is 3.99. The SMILES string of the molecule is CCCC(C)Nc1ccc(S(C)(=O)=O)nc1. The Kier molecular flexibility index (Phi) is 4.29. The van der Waals surface area contributed by atoms with Gasteiger partial charge in [0.25, 0.3) is 0 Å². The molecule has 1 rings (SSSR count). The van der Waals surface area contributed by atoms with Crippen LogP contribution in [0.15, 0.2) is 23.4 Å². The van der Waals surface area contributed by atoms with Crippen LogP contribution in [0, 0.1) is 0 Å². The van der Waals surface area contributed by atoms with E-state index in [0.29, 0.717) is 6.04 Å². The molecule has 90 valence electrons. The van der Waals surface area contributed by atoms with Crippen molar-refractivity contribution >= 4 is 15.5 Å². The van der Waals surface area contributed by atoms with Crippen LogP contribution in [0.2, 0.25) is 0 Å². The van der Waals surface area contributed by atoms with E-state index in [-0.39, 0.29) is 5.03 Å². The van der Waals surface area contributed by atoms with Crippen molar-refractivity contribution < 1.29 is 8.42 Å². The zero-order chi connectivity index (χ0) is 12.2. The van der Waals surface area contributed by atoms with E-state index < -0.39 is 9.84 Å². The summed E-state index contributed by atoms with van der Waals surface area (Å²) in [5.74, 6) is 0. The van der Waals surface area contributed by atoms with Gasteiger partial charge >= 0.3 is 0 Å². The first-order valence-corrected chi connectivity index (χ1v) is 7.25. The number of pyridine rings is 1. The maximum absolute atomic E-state index is 11.2. The lowest BCUT2D eigenvalue weighted by Crippen LogP contribution is -2.14. The molecule has 0 aromatic carbocycles. The fraction of sp³-hybridized carbons (Fsp3) is 0.545. The van der Waals surface area contributed by atoms with Gasteiger partial charge in [-0.15, -0.1) is 0 Å². The van der Waals surface area contributed by atoms with Crippen molar-refractivity contribution in [3.05, 3.63) is 18.3 Å². The highest BCUT2D eigenvalue weighted by Crippen LogP contribution is 2.12. The number of rotatable bonds is 5. The first-order valence-electron chi connectivity index (χ1n) is 5.36. The van der Waals surface area contributed by atoms with E-state index >= 15 is 0 Å². The summed E-state index contributed by atoms with van der Waals surface area (Å²) in [7, 11) is -3.20. The molecule has 1 unspecified atom stereocenters. The van der Waals surface area contributed by atoms with Crippen molar-refractivity contribution in [2.24, 2.45) is 0 Å². The van der Waals surface area contributed by atoms with Crippen LogP contribution in [0.5, 0.6) is 0 Å². The van der Waals surface area contributed by atoms with Crippen molar-refractivity contribution in [3.63, 3.8) is 0 Å². The zero-order valence-corrected chi connectivity index (χ0v) is 10.7. The van der Waals surface area contributed by atoms with Crippen LogP contribution in [0.25, 0.3) is 0 Å². The van der Waals surface area contributed by atoms with E-state index in [4.69, 9.17) is 0 Å². The van der Waals surface area contributed by atoms with Crippen LogP contribution >= 0.6 is 0 Å². The minimum absolute atomic E-state index is 0.112. The third kappa shape index (κ3) is 3.81. The molecule has 0 amide bonds. The summed E-state index contributed by atoms with van der Waals surface area (Å²) in [6, 6.07) is 3.64. The Balaban J connectivity index is 2.72. The summed E-state index contributed by atoms with van der Waals surface area (Å²) in [5.41, 5.74) is 0.855. The molecule has 0 saturated heterocycles. The summed E-state index contributed by atoms with van der Waals surface area (Å²) >= 11 is 0. The second-order valence-corrected chi connectivity index (χ2v) is 5.95. The van der Waals surface area contributed by atoms with Crippen LogP contribution in [0.3, 0.4) is 0 Å². The van der Waals surface area contributed by atoms with Gasteiger partial charge in [-0.2, -0.15) is 0 Å². The van der Waals surface area contributed by atoms with Gasteiger partial charge in [0.05, 0.1) is 11.9 Å². The summed E-state index contributed by atoms with van der Waals surface area (Å²) in [6.07, 6.45) is 4.90. The Labute approximate surface area is 97.0 Å². The highest BCUT2D eigenvalue weighted by molar-refractivity contribution is 7.90. The van der Waals surface area contributed by atoms with E-state index in [1.54, 1.807) is 12.3 Å². The molecule has 0 aliphatic heterocycles. The third-order valence-electron chi connectivity index (χ3n) is 2.25. The number of hydrogen-bond acceptors (Lipinski definition) is 4. The third-order valence-corrected chi connectivity index (χ3v) is 3.25. The van der Waals surface area contributed by atoms with Gasteiger partial charge in [0.15, 0.2) is 14.9 Å². The van der Waals surface area contributed by atoms with Crippen LogP contribution in [-0.2, 0) is 9.84 Å². The number of nitrogens with one attached hydrogen (secondary N) is 1. The fourth-order valence-corrected chi connectivity index (χ4v) is 2.03. The Hall–Kier alpha value is -1.10. The number of sulfone groups is 1. The molecule has 0 bridgehead atoms. The van der Waals surface area contributed by atoms with E-state index in [2.05, 4.69) is 24.1 Å². The molecular formula is C11H18N2O2S. The minimum atomic E-state index is -3.20. The van der Waals surface area contributed by atoms with E-state index in [9.17, 15) is 8.42 Å². The topological polar surface area (TPSA) is 59.1 Å². The smallest absolute Gasteiger partial charge is 0.192 e. The molecule has 1 N–H and O–H groups in total. The van der Waals surface area contributed by atoms with Crippen molar-refractivity contribution in [2.75, 3.05) is 11.6 Å². The lowest BCUT2D eigenvalue weighted by molar-refractivity contribution is 0.598. The molecule has 1 heterocycles. The Morgan fingerprint density at radius 3 is 2.56 bits per heavy atom. The van der Waals surface area contributed by atoms with Crippen LogP contribution < -0.4 is 5.32 Å². The average molecular weight is 242 g/mol. The van der Waals surface area contributed by atoms with Gasteiger partial charge in [-0.3, -0.25) is 0 Å². The van der Waals surface area contributed by atoms with Crippen LogP contribution in [-0.4, -0.2) is 25.7 Å². The molecule has 4 nitrogen and oxygen atoms in total. The minimum Gasteiger partial charge on any atom is -0.381 e. The average Bonchev–Trinajstić information content (AvgIpc) is 2.17. The van der Waals surface area contributed by atoms with Gasteiger partial charge in [0.1, 0.15) is 0 Å². The van der Waals surface area contributed by atoms with Gasteiger partial charge in [-0.25, -0.2) is 13.4 Å². The first kappa shape index (κ1) is 13.0. The molecule has 1 aromatic heterocycles. The molecular weight excluding hydrogens is 224 g/mol. The molecule has 0 spiro atoms. The van der Waals surface area contributed by atoms with Crippen molar-refractivity contribution in [1.82, 2.24) is 4.98 Å². The number of hydrogen-bond donors (Lipinski definition) is 1. The van der Waals surface area contributed by atoms with Gasteiger partial charge < -0.3 is 5.32 Å². The predicted octanol–water partition coefficient (Wildman–Crippen LogP) is 2.09. The predicted molar refractivity (Wildman–Crippen MR) is 65.3 cm³/mol. The molecule has 0 saturated carbocycles.